The topological polar surface area (TPSA) is 22.3 Å². The Morgan fingerprint density at radius 3 is 2.50 bits per heavy atom. The highest BCUT2D eigenvalue weighted by Gasteiger charge is 1.95. The molecule has 0 aliphatic carbocycles. The normalized spacial score (nSPS) is 10.1. The van der Waals surface area contributed by atoms with Gasteiger partial charge in [-0.1, -0.05) is 6.07 Å². The van der Waals surface area contributed by atoms with Crippen molar-refractivity contribution in [3.8, 4) is 0 Å². The molecule has 1 heterocycles. The molecule has 3 heteroatoms. The molecule has 0 N–H and O–H groups in total. The summed E-state index contributed by atoms with van der Waals surface area (Å²) in [4.78, 5) is 0. The van der Waals surface area contributed by atoms with Gasteiger partial charge in [-0.15, -0.1) is 0 Å². The molecule has 0 spiro atoms. The van der Waals surface area contributed by atoms with Crippen LogP contribution in [0.2, 0.25) is 0 Å². The van der Waals surface area contributed by atoms with Crippen LogP contribution in [-0.4, -0.2) is 20.3 Å². The van der Waals surface area contributed by atoms with E-state index in [-0.39, 0.29) is 0 Å². The smallest absolute Gasteiger partial charge is 0.252 e. The van der Waals surface area contributed by atoms with Gasteiger partial charge in [-0.25, -0.2) is 0 Å². The molecule has 0 radical (unpaired) electrons. The van der Waals surface area contributed by atoms with Crippen LogP contribution in [0.5, 0.6) is 0 Å². The molecule has 0 atom stereocenters. The average molecular weight is 168 g/mol. The van der Waals surface area contributed by atoms with Crippen molar-refractivity contribution in [2.24, 2.45) is 0 Å². The van der Waals surface area contributed by atoms with Crippen LogP contribution < -0.4 is 4.57 Å². The predicted molar refractivity (Wildman–Crippen MR) is 44.5 cm³/mol. The molecule has 3 nitrogen and oxygen atoms in total. The molecule has 0 saturated heterocycles. The van der Waals surface area contributed by atoms with Crippen molar-refractivity contribution in [3.63, 3.8) is 0 Å². The molecule has 66 valence electrons. The van der Waals surface area contributed by atoms with E-state index in [9.17, 15) is 0 Å². The van der Waals surface area contributed by atoms with Crippen LogP contribution in [0.4, 0.5) is 0 Å². The molecule has 12 heavy (non-hydrogen) atoms. The van der Waals surface area contributed by atoms with Gasteiger partial charge in [-0.3, -0.25) is 0 Å². The highest BCUT2D eigenvalue weighted by Crippen LogP contribution is 1.79. The van der Waals surface area contributed by atoms with Gasteiger partial charge in [0.05, 0.1) is 13.2 Å². The van der Waals surface area contributed by atoms with Gasteiger partial charge in [0.2, 0.25) is 0 Å². The number of hydrogen-bond donors (Lipinski definition) is 0. The van der Waals surface area contributed by atoms with Crippen molar-refractivity contribution in [2.45, 2.75) is 6.73 Å². The summed E-state index contributed by atoms with van der Waals surface area (Å²) in [7, 11) is 1.67. The van der Waals surface area contributed by atoms with Crippen LogP contribution in [-0.2, 0) is 16.2 Å². The van der Waals surface area contributed by atoms with E-state index in [1.807, 2.05) is 35.2 Å². The van der Waals surface area contributed by atoms with E-state index in [1.54, 1.807) is 7.11 Å². The maximum absolute atomic E-state index is 5.30. The summed E-state index contributed by atoms with van der Waals surface area (Å²) in [5.74, 6) is 0. The molecular weight excluding hydrogens is 154 g/mol. The number of nitrogens with zero attached hydrogens (tertiary/aromatic N) is 1. The number of ether oxygens (including phenoxy) is 2. The first-order chi connectivity index (χ1) is 5.93. The molecule has 1 aromatic rings. The molecule has 0 fully saturated rings. The second kappa shape index (κ2) is 5.69. The van der Waals surface area contributed by atoms with Crippen molar-refractivity contribution in [2.75, 3.05) is 20.3 Å². The first-order valence-electron chi connectivity index (χ1n) is 3.94. The first-order valence-corrected chi connectivity index (χ1v) is 3.94. The molecular formula is C9H14NO2+. The second-order valence-corrected chi connectivity index (χ2v) is 2.42. The molecule has 0 unspecified atom stereocenters. The minimum absolute atomic E-state index is 0.587. The largest absolute Gasteiger partial charge is 0.382 e. The first kappa shape index (κ1) is 9.16. The summed E-state index contributed by atoms with van der Waals surface area (Å²) < 4.78 is 12.1. The minimum Gasteiger partial charge on any atom is -0.382 e. The fraction of sp³-hybridized carbons (Fsp3) is 0.444. The van der Waals surface area contributed by atoms with Gasteiger partial charge in [0, 0.05) is 19.2 Å². The molecule has 0 saturated carbocycles. The van der Waals surface area contributed by atoms with E-state index in [0.29, 0.717) is 19.9 Å². The molecule has 1 rings (SSSR count). The third kappa shape index (κ3) is 3.46. The lowest BCUT2D eigenvalue weighted by atomic mass is 10.5. The molecule has 0 aliphatic heterocycles. The Bertz CT molecular complexity index is 201. The number of pyridine rings is 1. The highest BCUT2D eigenvalue weighted by atomic mass is 16.5. The summed E-state index contributed by atoms with van der Waals surface area (Å²) in [6, 6.07) is 5.92. The van der Waals surface area contributed by atoms with Crippen LogP contribution >= 0.6 is 0 Å². The number of methoxy groups -OCH3 is 1. The van der Waals surface area contributed by atoms with Crippen molar-refractivity contribution >= 4 is 0 Å². The van der Waals surface area contributed by atoms with Gasteiger partial charge in [0.1, 0.15) is 0 Å². The summed E-state index contributed by atoms with van der Waals surface area (Å²) in [6.45, 7) is 1.87. The summed E-state index contributed by atoms with van der Waals surface area (Å²) in [6.07, 6.45) is 3.93. The van der Waals surface area contributed by atoms with Crippen LogP contribution in [0.15, 0.2) is 30.6 Å². The van der Waals surface area contributed by atoms with Crippen molar-refractivity contribution in [3.05, 3.63) is 30.6 Å². The van der Waals surface area contributed by atoms with Gasteiger partial charge in [0.25, 0.3) is 6.73 Å². The second-order valence-electron chi connectivity index (χ2n) is 2.42. The van der Waals surface area contributed by atoms with E-state index in [2.05, 4.69) is 0 Å². The zero-order chi connectivity index (χ0) is 8.65. The minimum atomic E-state index is 0.587. The van der Waals surface area contributed by atoms with Crippen LogP contribution in [0.3, 0.4) is 0 Å². The van der Waals surface area contributed by atoms with E-state index in [4.69, 9.17) is 9.47 Å². The molecule has 0 aliphatic rings. The van der Waals surface area contributed by atoms with Gasteiger partial charge >= 0.3 is 0 Å². The molecule has 0 aromatic carbocycles. The van der Waals surface area contributed by atoms with E-state index < -0.39 is 0 Å². The third-order valence-corrected chi connectivity index (χ3v) is 1.45. The van der Waals surface area contributed by atoms with Gasteiger partial charge < -0.3 is 9.47 Å². The van der Waals surface area contributed by atoms with Crippen LogP contribution in [0, 0.1) is 0 Å². The highest BCUT2D eigenvalue weighted by molar-refractivity contribution is 4.83. The number of aromatic nitrogens is 1. The van der Waals surface area contributed by atoms with Crippen molar-refractivity contribution in [1.82, 2.24) is 0 Å². The van der Waals surface area contributed by atoms with Crippen molar-refractivity contribution in [1.29, 1.82) is 0 Å². The summed E-state index contributed by atoms with van der Waals surface area (Å²) >= 11 is 0. The Hall–Kier alpha value is -0.930. The fourth-order valence-electron chi connectivity index (χ4n) is 0.833. The Morgan fingerprint density at radius 2 is 1.83 bits per heavy atom. The van der Waals surface area contributed by atoms with E-state index in [1.165, 1.54) is 0 Å². The molecule has 0 amide bonds. The molecule has 1 aromatic heterocycles. The fourth-order valence-corrected chi connectivity index (χ4v) is 0.833. The maximum Gasteiger partial charge on any atom is 0.252 e. The maximum atomic E-state index is 5.30. The lowest BCUT2D eigenvalue weighted by Crippen LogP contribution is -2.34. The van der Waals surface area contributed by atoms with Gasteiger partial charge in [0.15, 0.2) is 12.4 Å². The average Bonchev–Trinajstić information content (AvgIpc) is 2.14. The lowest BCUT2D eigenvalue weighted by molar-refractivity contribution is -0.732. The summed E-state index contributed by atoms with van der Waals surface area (Å²) in [5.41, 5.74) is 0. The Kier molecular flexibility index (Phi) is 4.34. The van der Waals surface area contributed by atoms with E-state index >= 15 is 0 Å². The quantitative estimate of drug-likeness (QED) is 0.474. The van der Waals surface area contributed by atoms with Gasteiger partial charge in [-0.05, 0) is 0 Å². The monoisotopic (exact) mass is 168 g/mol. The SMILES string of the molecule is COCCOC[n+]1ccccc1. The predicted octanol–water partition coefficient (Wildman–Crippen LogP) is 0.595. The number of rotatable bonds is 5. The Morgan fingerprint density at radius 1 is 1.08 bits per heavy atom. The van der Waals surface area contributed by atoms with Crippen molar-refractivity contribution < 1.29 is 14.0 Å². The van der Waals surface area contributed by atoms with E-state index in [0.717, 1.165) is 0 Å². The Labute approximate surface area is 72.5 Å². The third-order valence-electron chi connectivity index (χ3n) is 1.45. The Balaban J connectivity index is 2.16. The molecule has 0 bridgehead atoms. The van der Waals surface area contributed by atoms with Crippen LogP contribution in [0.25, 0.3) is 0 Å². The van der Waals surface area contributed by atoms with Gasteiger partial charge in [-0.2, -0.15) is 4.57 Å². The summed E-state index contributed by atoms with van der Waals surface area (Å²) in [5, 5.41) is 0. The standard InChI is InChI=1S/C9H14NO2/c1-11-7-8-12-9-10-5-3-2-4-6-10/h2-6H,7-9H2,1H3/q+1. The number of hydrogen-bond acceptors (Lipinski definition) is 2. The zero-order valence-corrected chi connectivity index (χ0v) is 7.27. The van der Waals surface area contributed by atoms with Crippen LogP contribution in [0.1, 0.15) is 0 Å². The zero-order valence-electron chi connectivity index (χ0n) is 7.27. The lowest BCUT2D eigenvalue weighted by Gasteiger charge is -1.98.